The van der Waals surface area contributed by atoms with Gasteiger partial charge in [-0.1, -0.05) is 6.92 Å². The summed E-state index contributed by atoms with van der Waals surface area (Å²) >= 11 is 0. The molecule has 0 aromatic carbocycles. The summed E-state index contributed by atoms with van der Waals surface area (Å²) in [5, 5.41) is 12.8. The van der Waals surface area contributed by atoms with E-state index in [1.165, 1.54) is 0 Å². The van der Waals surface area contributed by atoms with Crippen molar-refractivity contribution >= 4 is 5.82 Å². The van der Waals surface area contributed by atoms with Crippen molar-refractivity contribution in [1.29, 1.82) is 0 Å². The van der Waals surface area contributed by atoms with Crippen LogP contribution < -0.4 is 5.32 Å². The first-order valence-corrected chi connectivity index (χ1v) is 6.08. The second-order valence-electron chi connectivity index (χ2n) is 4.71. The average molecular weight is 236 g/mol. The zero-order valence-electron chi connectivity index (χ0n) is 10.4. The SMILES string of the molecule is CNc1cnc(CN2CCC(C)C(O)C2)cn1. The zero-order valence-corrected chi connectivity index (χ0v) is 10.4. The number of nitrogens with zero attached hydrogens (tertiary/aromatic N) is 3. The van der Waals surface area contributed by atoms with Crippen LogP contribution in [0.5, 0.6) is 0 Å². The fraction of sp³-hybridized carbons (Fsp3) is 0.667. The van der Waals surface area contributed by atoms with Crippen LogP contribution in [-0.2, 0) is 6.54 Å². The quantitative estimate of drug-likeness (QED) is 0.810. The normalized spacial score (nSPS) is 25.8. The molecular weight excluding hydrogens is 216 g/mol. The summed E-state index contributed by atoms with van der Waals surface area (Å²) in [7, 11) is 1.83. The number of aromatic nitrogens is 2. The van der Waals surface area contributed by atoms with E-state index in [2.05, 4.69) is 27.1 Å². The Bertz CT molecular complexity index is 354. The van der Waals surface area contributed by atoms with Gasteiger partial charge in [0.15, 0.2) is 0 Å². The molecule has 0 aliphatic carbocycles. The molecule has 5 nitrogen and oxygen atoms in total. The van der Waals surface area contributed by atoms with Crippen LogP contribution in [0.1, 0.15) is 19.0 Å². The Morgan fingerprint density at radius 2 is 2.29 bits per heavy atom. The third-order valence-electron chi connectivity index (χ3n) is 3.35. The highest BCUT2D eigenvalue weighted by Gasteiger charge is 2.24. The number of nitrogens with one attached hydrogen (secondary N) is 1. The zero-order chi connectivity index (χ0) is 12.3. The molecule has 0 saturated carbocycles. The Kier molecular flexibility index (Phi) is 3.91. The predicted molar refractivity (Wildman–Crippen MR) is 66.6 cm³/mol. The number of hydrogen-bond acceptors (Lipinski definition) is 5. The largest absolute Gasteiger partial charge is 0.392 e. The first kappa shape index (κ1) is 12.3. The molecule has 0 spiro atoms. The van der Waals surface area contributed by atoms with E-state index in [0.29, 0.717) is 5.92 Å². The van der Waals surface area contributed by atoms with Crippen LogP contribution in [0.15, 0.2) is 12.4 Å². The van der Waals surface area contributed by atoms with Crippen molar-refractivity contribution in [1.82, 2.24) is 14.9 Å². The maximum absolute atomic E-state index is 9.82. The minimum atomic E-state index is -0.215. The summed E-state index contributed by atoms with van der Waals surface area (Å²) in [6.07, 6.45) is 4.35. The molecule has 2 unspecified atom stereocenters. The summed E-state index contributed by atoms with van der Waals surface area (Å²) < 4.78 is 0. The number of aliphatic hydroxyl groups is 1. The van der Waals surface area contributed by atoms with E-state index < -0.39 is 0 Å². The lowest BCUT2D eigenvalue weighted by Gasteiger charge is -2.33. The Morgan fingerprint density at radius 3 is 2.88 bits per heavy atom. The molecule has 2 atom stereocenters. The minimum Gasteiger partial charge on any atom is -0.392 e. The van der Waals surface area contributed by atoms with Gasteiger partial charge in [0, 0.05) is 20.1 Å². The highest BCUT2D eigenvalue weighted by molar-refractivity contribution is 5.29. The van der Waals surface area contributed by atoms with Gasteiger partial charge in [0.05, 0.1) is 24.2 Å². The Hall–Kier alpha value is -1.20. The van der Waals surface area contributed by atoms with Gasteiger partial charge in [0.25, 0.3) is 0 Å². The molecule has 0 bridgehead atoms. The van der Waals surface area contributed by atoms with E-state index in [-0.39, 0.29) is 6.10 Å². The van der Waals surface area contributed by atoms with Crippen molar-refractivity contribution in [3.05, 3.63) is 18.1 Å². The molecule has 1 aromatic heterocycles. The molecule has 1 aromatic rings. The highest BCUT2D eigenvalue weighted by atomic mass is 16.3. The number of β-amino-alcohol motifs (C(OH)–C–C–N with tert-alkyl or cyclic N) is 1. The molecule has 2 heterocycles. The Morgan fingerprint density at radius 1 is 1.47 bits per heavy atom. The van der Waals surface area contributed by atoms with Crippen LogP contribution in [0, 0.1) is 5.92 Å². The van der Waals surface area contributed by atoms with E-state index in [4.69, 9.17) is 0 Å². The van der Waals surface area contributed by atoms with Gasteiger partial charge in [-0.05, 0) is 18.9 Å². The number of rotatable bonds is 3. The standard InChI is InChI=1S/C12H20N4O/c1-9-3-4-16(8-11(9)17)7-10-5-15-12(13-2)6-14-10/h5-6,9,11,17H,3-4,7-8H2,1-2H3,(H,13,15). The number of hydrogen-bond donors (Lipinski definition) is 2. The molecule has 1 saturated heterocycles. The highest BCUT2D eigenvalue weighted by Crippen LogP contribution is 2.18. The van der Waals surface area contributed by atoms with Crippen LogP contribution in [-0.4, -0.2) is 46.2 Å². The van der Waals surface area contributed by atoms with Gasteiger partial charge < -0.3 is 10.4 Å². The van der Waals surface area contributed by atoms with Gasteiger partial charge in [-0.15, -0.1) is 0 Å². The minimum absolute atomic E-state index is 0.215. The van der Waals surface area contributed by atoms with Gasteiger partial charge in [0.1, 0.15) is 5.82 Å². The molecule has 1 fully saturated rings. The van der Waals surface area contributed by atoms with E-state index in [1.807, 2.05) is 7.05 Å². The fourth-order valence-electron chi connectivity index (χ4n) is 2.05. The molecule has 1 aliphatic rings. The molecule has 2 N–H and O–H groups in total. The van der Waals surface area contributed by atoms with Crippen molar-refractivity contribution < 1.29 is 5.11 Å². The van der Waals surface area contributed by atoms with Crippen LogP contribution in [0.3, 0.4) is 0 Å². The molecule has 0 amide bonds. The number of aliphatic hydroxyl groups excluding tert-OH is 1. The van der Waals surface area contributed by atoms with Gasteiger partial charge in [-0.25, -0.2) is 4.98 Å². The molecule has 5 heteroatoms. The van der Waals surface area contributed by atoms with Crippen molar-refractivity contribution in [2.24, 2.45) is 5.92 Å². The van der Waals surface area contributed by atoms with Gasteiger partial charge in [-0.3, -0.25) is 9.88 Å². The van der Waals surface area contributed by atoms with E-state index in [9.17, 15) is 5.11 Å². The van der Waals surface area contributed by atoms with Crippen molar-refractivity contribution in [2.75, 3.05) is 25.5 Å². The van der Waals surface area contributed by atoms with E-state index in [1.54, 1.807) is 12.4 Å². The van der Waals surface area contributed by atoms with E-state index >= 15 is 0 Å². The Labute approximate surface area is 102 Å². The summed E-state index contributed by atoms with van der Waals surface area (Å²) in [4.78, 5) is 10.8. The molecule has 94 valence electrons. The van der Waals surface area contributed by atoms with Gasteiger partial charge in [0.2, 0.25) is 0 Å². The number of likely N-dealkylation sites (tertiary alicyclic amines) is 1. The maximum Gasteiger partial charge on any atom is 0.144 e. The Balaban J connectivity index is 1.92. The van der Waals surface area contributed by atoms with Crippen LogP contribution in [0.25, 0.3) is 0 Å². The smallest absolute Gasteiger partial charge is 0.144 e. The van der Waals surface area contributed by atoms with Gasteiger partial charge >= 0.3 is 0 Å². The number of anilines is 1. The van der Waals surface area contributed by atoms with Crippen molar-refractivity contribution in [2.45, 2.75) is 26.0 Å². The van der Waals surface area contributed by atoms with Crippen molar-refractivity contribution in [3.8, 4) is 0 Å². The molecule has 17 heavy (non-hydrogen) atoms. The number of piperidine rings is 1. The summed E-state index contributed by atoms with van der Waals surface area (Å²) in [5.74, 6) is 1.19. The van der Waals surface area contributed by atoms with Crippen molar-refractivity contribution in [3.63, 3.8) is 0 Å². The second-order valence-corrected chi connectivity index (χ2v) is 4.71. The average Bonchev–Trinajstić information content (AvgIpc) is 2.35. The van der Waals surface area contributed by atoms with Gasteiger partial charge in [-0.2, -0.15) is 0 Å². The monoisotopic (exact) mass is 236 g/mol. The second kappa shape index (κ2) is 5.42. The molecule has 1 aliphatic heterocycles. The van der Waals surface area contributed by atoms with Crippen LogP contribution in [0.4, 0.5) is 5.82 Å². The lowest BCUT2D eigenvalue weighted by Crippen LogP contribution is -2.42. The topological polar surface area (TPSA) is 61.3 Å². The summed E-state index contributed by atoms with van der Waals surface area (Å²) in [6.45, 7) is 4.62. The summed E-state index contributed by atoms with van der Waals surface area (Å²) in [5.41, 5.74) is 0.950. The molecule has 0 radical (unpaired) electrons. The van der Waals surface area contributed by atoms with Crippen LogP contribution >= 0.6 is 0 Å². The first-order chi connectivity index (χ1) is 8.19. The predicted octanol–water partition coefficient (Wildman–Crippen LogP) is 0.721. The molecular formula is C12H20N4O. The molecule has 2 rings (SSSR count). The fourth-order valence-corrected chi connectivity index (χ4v) is 2.05. The maximum atomic E-state index is 9.82. The third-order valence-corrected chi connectivity index (χ3v) is 3.35. The lowest BCUT2D eigenvalue weighted by molar-refractivity contribution is 0.0254. The third kappa shape index (κ3) is 3.14. The summed E-state index contributed by atoms with van der Waals surface area (Å²) in [6, 6.07) is 0. The van der Waals surface area contributed by atoms with E-state index in [0.717, 1.165) is 37.6 Å². The van der Waals surface area contributed by atoms with Crippen LogP contribution in [0.2, 0.25) is 0 Å². The first-order valence-electron chi connectivity index (χ1n) is 6.08. The lowest BCUT2D eigenvalue weighted by atomic mass is 9.96.